The Morgan fingerprint density at radius 3 is 2.54 bits per heavy atom. The minimum absolute atomic E-state index is 0.0591. The molecular formula is C18H22N4O3S. The van der Waals surface area contributed by atoms with Gasteiger partial charge in [0.1, 0.15) is 0 Å². The van der Waals surface area contributed by atoms with Crippen LogP contribution in [0.15, 0.2) is 40.3 Å². The molecule has 0 bridgehead atoms. The van der Waals surface area contributed by atoms with Crippen molar-refractivity contribution in [1.82, 2.24) is 9.97 Å². The quantitative estimate of drug-likeness (QED) is 0.374. The molecule has 0 saturated heterocycles. The van der Waals surface area contributed by atoms with Gasteiger partial charge in [-0.05, 0) is 18.6 Å². The SMILES string of the molecule is CCCCSc1nc(NC(=O)CC)c(NC(=O)c2ccccc2)c(=O)[nH]1. The monoisotopic (exact) mass is 374 g/mol. The topological polar surface area (TPSA) is 104 Å². The van der Waals surface area contributed by atoms with Crippen LogP contribution in [0.3, 0.4) is 0 Å². The third kappa shape index (κ3) is 5.45. The molecule has 2 rings (SSSR count). The van der Waals surface area contributed by atoms with E-state index in [2.05, 4.69) is 27.5 Å². The van der Waals surface area contributed by atoms with Crippen LogP contribution in [0.5, 0.6) is 0 Å². The third-order valence-corrected chi connectivity index (χ3v) is 4.45. The van der Waals surface area contributed by atoms with E-state index in [-0.39, 0.29) is 23.8 Å². The summed E-state index contributed by atoms with van der Waals surface area (Å²) in [6, 6.07) is 8.52. The first-order valence-electron chi connectivity index (χ1n) is 8.48. The number of H-pyrrole nitrogens is 1. The van der Waals surface area contributed by atoms with E-state index in [4.69, 9.17) is 0 Å². The summed E-state index contributed by atoms with van der Waals surface area (Å²) in [5, 5.41) is 5.55. The number of amides is 2. The van der Waals surface area contributed by atoms with Crippen LogP contribution in [0.1, 0.15) is 43.5 Å². The average molecular weight is 374 g/mol. The Bertz CT molecular complexity index is 821. The number of unbranched alkanes of at least 4 members (excludes halogenated alkanes) is 1. The summed E-state index contributed by atoms with van der Waals surface area (Å²) in [4.78, 5) is 43.6. The van der Waals surface area contributed by atoms with Gasteiger partial charge in [-0.25, -0.2) is 4.98 Å². The number of aromatic nitrogens is 2. The molecule has 0 aliphatic rings. The number of carbonyl (C=O) groups is 2. The van der Waals surface area contributed by atoms with Crippen LogP contribution in [-0.4, -0.2) is 27.5 Å². The predicted octanol–water partition coefficient (Wildman–Crippen LogP) is 3.26. The van der Waals surface area contributed by atoms with Gasteiger partial charge in [-0.3, -0.25) is 19.4 Å². The van der Waals surface area contributed by atoms with Crippen molar-refractivity contribution in [3.8, 4) is 0 Å². The number of nitrogens with zero attached hydrogens (tertiary/aromatic N) is 1. The molecule has 0 unspecified atom stereocenters. The van der Waals surface area contributed by atoms with Gasteiger partial charge in [-0.2, -0.15) is 0 Å². The Balaban J connectivity index is 2.31. The van der Waals surface area contributed by atoms with Gasteiger partial charge in [0.2, 0.25) is 5.91 Å². The van der Waals surface area contributed by atoms with Crippen LogP contribution in [0.4, 0.5) is 11.5 Å². The lowest BCUT2D eigenvalue weighted by atomic mass is 10.2. The van der Waals surface area contributed by atoms with Crippen molar-refractivity contribution in [1.29, 1.82) is 0 Å². The molecule has 0 atom stereocenters. The second kappa shape index (κ2) is 9.76. The largest absolute Gasteiger partial charge is 0.314 e. The molecule has 0 spiro atoms. The van der Waals surface area contributed by atoms with Crippen molar-refractivity contribution in [3.63, 3.8) is 0 Å². The lowest BCUT2D eigenvalue weighted by Crippen LogP contribution is -2.25. The molecular weight excluding hydrogens is 352 g/mol. The molecule has 1 aromatic carbocycles. The molecule has 26 heavy (non-hydrogen) atoms. The van der Waals surface area contributed by atoms with Gasteiger partial charge in [0, 0.05) is 17.7 Å². The van der Waals surface area contributed by atoms with E-state index in [0.717, 1.165) is 18.6 Å². The van der Waals surface area contributed by atoms with Crippen LogP contribution in [0.25, 0.3) is 0 Å². The van der Waals surface area contributed by atoms with Crippen molar-refractivity contribution in [2.24, 2.45) is 0 Å². The highest BCUT2D eigenvalue weighted by molar-refractivity contribution is 7.99. The Morgan fingerprint density at radius 2 is 1.88 bits per heavy atom. The van der Waals surface area contributed by atoms with E-state index in [0.29, 0.717) is 10.7 Å². The number of thioether (sulfide) groups is 1. The van der Waals surface area contributed by atoms with E-state index >= 15 is 0 Å². The van der Waals surface area contributed by atoms with E-state index in [1.165, 1.54) is 11.8 Å². The Labute approximate surface area is 156 Å². The van der Waals surface area contributed by atoms with Gasteiger partial charge in [0.15, 0.2) is 16.7 Å². The molecule has 2 amide bonds. The van der Waals surface area contributed by atoms with Gasteiger partial charge in [-0.1, -0.05) is 50.2 Å². The molecule has 0 radical (unpaired) electrons. The normalized spacial score (nSPS) is 10.4. The van der Waals surface area contributed by atoms with Crippen LogP contribution in [0, 0.1) is 0 Å². The molecule has 138 valence electrons. The van der Waals surface area contributed by atoms with Crippen LogP contribution in [0.2, 0.25) is 0 Å². The summed E-state index contributed by atoms with van der Waals surface area (Å²) in [6.07, 6.45) is 2.25. The first kappa shape index (κ1) is 19.7. The molecule has 0 aliphatic carbocycles. The molecule has 3 N–H and O–H groups in total. The number of rotatable bonds is 8. The molecule has 8 heteroatoms. The zero-order valence-electron chi connectivity index (χ0n) is 14.8. The fourth-order valence-electron chi connectivity index (χ4n) is 2.04. The average Bonchev–Trinajstić information content (AvgIpc) is 2.65. The summed E-state index contributed by atoms with van der Waals surface area (Å²) < 4.78 is 0. The summed E-state index contributed by atoms with van der Waals surface area (Å²) in [5.74, 6) is 0.124. The third-order valence-electron chi connectivity index (χ3n) is 3.49. The van der Waals surface area contributed by atoms with Crippen LogP contribution < -0.4 is 16.2 Å². The van der Waals surface area contributed by atoms with Gasteiger partial charge in [-0.15, -0.1) is 0 Å². The molecule has 0 aliphatic heterocycles. The van der Waals surface area contributed by atoms with E-state index in [9.17, 15) is 14.4 Å². The van der Waals surface area contributed by atoms with Crippen LogP contribution in [-0.2, 0) is 4.79 Å². The van der Waals surface area contributed by atoms with Crippen molar-refractivity contribution in [2.75, 3.05) is 16.4 Å². The lowest BCUT2D eigenvalue weighted by molar-refractivity contribution is -0.115. The molecule has 1 heterocycles. The van der Waals surface area contributed by atoms with Gasteiger partial charge in [0.05, 0.1) is 0 Å². The standard InChI is InChI=1S/C18H22N4O3S/c1-3-5-11-26-18-21-15(19-13(23)4-2)14(17(25)22-18)20-16(24)12-9-7-6-8-10-12/h6-10H,3-5,11H2,1-2H3,(H,20,24)(H2,19,21,22,23,25). The summed E-state index contributed by atoms with van der Waals surface area (Å²) in [6.45, 7) is 3.77. The fraction of sp³-hybridized carbons (Fsp3) is 0.333. The van der Waals surface area contributed by atoms with E-state index < -0.39 is 11.5 Å². The minimum atomic E-state index is -0.505. The minimum Gasteiger partial charge on any atom is -0.314 e. The number of hydrogen-bond donors (Lipinski definition) is 3. The molecule has 7 nitrogen and oxygen atoms in total. The highest BCUT2D eigenvalue weighted by Gasteiger charge is 2.17. The smallest absolute Gasteiger partial charge is 0.277 e. The number of benzene rings is 1. The zero-order valence-corrected chi connectivity index (χ0v) is 15.6. The van der Waals surface area contributed by atoms with Crippen molar-refractivity contribution in [3.05, 3.63) is 46.2 Å². The summed E-state index contributed by atoms with van der Waals surface area (Å²) in [7, 11) is 0. The van der Waals surface area contributed by atoms with Gasteiger partial charge < -0.3 is 10.6 Å². The van der Waals surface area contributed by atoms with Crippen molar-refractivity contribution in [2.45, 2.75) is 38.3 Å². The fourth-order valence-corrected chi connectivity index (χ4v) is 2.98. The summed E-state index contributed by atoms with van der Waals surface area (Å²) >= 11 is 1.40. The number of anilines is 2. The molecule has 2 aromatic rings. The van der Waals surface area contributed by atoms with Crippen molar-refractivity contribution >= 4 is 35.1 Å². The summed E-state index contributed by atoms with van der Waals surface area (Å²) in [5.41, 5.74) is -0.170. The van der Waals surface area contributed by atoms with Crippen molar-refractivity contribution < 1.29 is 9.59 Å². The highest BCUT2D eigenvalue weighted by Crippen LogP contribution is 2.21. The van der Waals surface area contributed by atoms with E-state index in [1.807, 2.05) is 0 Å². The van der Waals surface area contributed by atoms with Gasteiger partial charge in [0.25, 0.3) is 11.5 Å². The molecule has 0 saturated carbocycles. The maximum absolute atomic E-state index is 12.5. The second-order valence-electron chi connectivity index (χ2n) is 5.52. The number of carbonyl (C=O) groups excluding carboxylic acids is 2. The number of nitrogens with one attached hydrogen (secondary N) is 3. The zero-order chi connectivity index (χ0) is 18.9. The maximum Gasteiger partial charge on any atom is 0.277 e. The predicted molar refractivity (Wildman–Crippen MR) is 104 cm³/mol. The Kier molecular flexibility index (Phi) is 7.40. The number of hydrogen-bond acceptors (Lipinski definition) is 5. The highest BCUT2D eigenvalue weighted by atomic mass is 32.2. The molecule has 1 aromatic heterocycles. The lowest BCUT2D eigenvalue weighted by Gasteiger charge is -2.12. The first-order valence-corrected chi connectivity index (χ1v) is 9.47. The maximum atomic E-state index is 12.5. The molecule has 0 fully saturated rings. The first-order chi connectivity index (χ1) is 12.5. The second-order valence-corrected chi connectivity index (χ2v) is 6.60. The number of aromatic amines is 1. The van der Waals surface area contributed by atoms with Crippen LogP contribution >= 0.6 is 11.8 Å². The Hall–Kier alpha value is -2.61. The van der Waals surface area contributed by atoms with Gasteiger partial charge >= 0.3 is 0 Å². The Morgan fingerprint density at radius 1 is 1.15 bits per heavy atom. The van der Waals surface area contributed by atoms with E-state index in [1.54, 1.807) is 37.3 Å².